The molecule has 0 aliphatic rings. The van der Waals surface area contributed by atoms with Crippen molar-refractivity contribution in [2.45, 2.75) is 33.3 Å². The topological polar surface area (TPSA) is 60.7 Å². The molecular formula is C16H21NO4. The number of carbonyl (C=O) groups is 1. The molecule has 21 heavy (non-hydrogen) atoms. The van der Waals surface area contributed by atoms with Gasteiger partial charge in [0.1, 0.15) is 23.5 Å². The van der Waals surface area contributed by atoms with Crippen molar-refractivity contribution in [1.82, 2.24) is 5.32 Å². The Labute approximate surface area is 124 Å². The van der Waals surface area contributed by atoms with Crippen LogP contribution in [0.5, 0.6) is 5.75 Å². The third kappa shape index (κ3) is 4.15. The van der Waals surface area contributed by atoms with Gasteiger partial charge in [-0.25, -0.2) is 4.79 Å². The van der Waals surface area contributed by atoms with Gasteiger partial charge in [-0.3, -0.25) is 0 Å². The molecule has 0 aliphatic heterocycles. The summed E-state index contributed by atoms with van der Waals surface area (Å²) < 4.78 is 16.3. The predicted octanol–water partition coefficient (Wildman–Crippen LogP) is 3.64. The van der Waals surface area contributed by atoms with Gasteiger partial charge in [-0.15, -0.1) is 0 Å². The van der Waals surface area contributed by atoms with Crippen LogP contribution in [0, 0.1) is 6.92 Å². The minimum Gasteiger partial charge on any atom is -0.491 e. The average Bonchev–Trinajstić information content (AvgIpc) is 2.75. The lowest BCUT2D eigenvalue weighted by Crippen LogP contribution is -2.34. The van der Waals surface area contributed by atoms with Gasteiger partial charge in [0.15, 0.2) is 0 Å². The van der Waals surface area contributed by atoms with E-state index in [4.69, 9.17) is 13.9 Å². The van der Waals surface area contributed by atoms with Crippen molar-refractivity contribution in [1.29, 1.82) is 0 Å². The van der Waals surface area contributed by atoms with E-state index in [0.717, 1.165) is 22.3 Å². The quantitative estimate of drug-likeness (QED) is 0.874. The average molecular weight is 291 g/mol. The van der Waals surface area contributed by atoms with Crippen LogP contribution in [0.2, 0.25) is 0 Å². The van der Waals surface area contributed by atoms with Gasteiger partial charge in [0.25, 0.3) is 0 Å². The Morgan fingerprint density at radius 1 is 1.33 bits per heavy atom. The molecule has 0 unspecified atom stereocenters. The number of hydrogen-bond donors (Lipinski definition) is 1. The van der Waals surface area contributed by atoms with Crippen LogP contribution < -0.4 is 10.1 Å². The Morgan fingerprint density at radius 2 is 2.10 bits per heavy atom. The maximum Gasteiger partial charge on any atom is 0.407 e. The molecular weight excluding hydrogens is 270 g/mol. The number of alkyl carbamates (subject to hydrolysis) is 1. The molecule has 1 N–H and O–H groups in total. The molecule has 0 saturated heterocycles. The van der Waals surface area contributed by atoms with Crippen LogP contribution in [0.3, 0.4) is 0 Å². The highest BCUT2D eigenvalue weighted by molar-refractivity contribution is 5.87. The van der Waals surface area contributed by atoms with E-state index in [0.29, 0.717) is 13.2 Å². The SMILES string of the molecule is Cc1coc2cccc(OCCNC(=O)OC(C)(C)C)c12. The van der Waals surface area contributed by atoms with Gasteiger partial charge in [-0.05, 0) is 45.4 Å². The molecule has 5 nitrogen and oxygen atoms in total. The first kappa shape index (κ1) is 15.2. The van der Waals surface area contributed by atoms with Gasteiger partial charge in [0, 0.05) is 0 Å². The molecule has 1 aromatic carbocycles. The van der Waals surface area contributed by atoms with E-state index >= 15 is 0 Å². The van der Waals surface area contributed by atoms with Crippen LogP contribution in [0.4, 0.5) is 4.79 Å². The number of fused-ring (bicyclic) bond motifs is 1. The fraction of sp³-hybridized carbons (Fsp3) is 0.438. The van der Waals surface area contributed by atoms with E-state index < -0.39 is 11.7 Å². The van der Waals surface area contributed by atoms with Gasteiger partial charge in [-0.1, -0.05) is 6.07 Å². The molecule has 5 heteroatoms. The van der Waals surface area contributed by atoms with Crippen molar-refractivity contribution in [3.8, 4) is 5.75 Å². The summed E-state index contributed by atoms with van der Waals surface area (Å²) in [5, 5.41) is 3.62. The standard InChI is InChI=1S/C16H21NO4/c1-11-10-20-13-7-5-6-12(14(11)13)19-9-8-17-15(18)21-16(2,3)4/h5-7,10H,8-9H2,1-4H3,(H,17,18). The summed E-state index contributed by atoms with van der Waals surface area (Å²) >= 11 is 0. The molecule has 1 heterocycles. The molecule has 1 amide bonds. The second kappa shape index (κ2) is 6.08. The normalized spacial score (nSPS) is 11.4. The Balaban J connectivity index is 1.86. The zero-order valence-electron chi connectivity index (χ0n) is 12.9. The largest absolute Gasteiger partial charge is 0.491 e. The summed E-state index contributed by atoms with van der Waals surface area (Å²) in [5.74, 6) is 0.754. The minimum atomic E-state index is -0.496. The summed E-state index contributed by atoms with van der Waals surface area (Å²) in [6.45, 7) is 8.19. The predicted molar refractivity (Wildman–Crippen MR) is 80.7 cm³/mol. The van der Waals surface area contributed by atoms with Gasteiger partial charge >= 0.3 is 6.09 Å². The Hall–Kier alpha value is -2.17. The lowest BCUT2D eigenvalue weighted by molar-refractivity contribution is 0.0520. The summed E-state index contributed by atoms with van der Waals surface area (Å²) in [5.41, 5.74) is 1.33. The van der Waals surface area contributed by atoms with Crippen LogP contribution in [-0.2, 0) is 4.74 Å². The smallest absolute Gasteiger partial charge is 0.407 e. The van der Waals surface area contributed by atoms with Crippen LogP contribution in [0.1, 0.15) is 26.3 Å². The molecule has 2 aromatic rings. The molecule has 0 radical (unpaired) electrons. The number of furan rings is 1. The highest BCUT2D eigenvalue weighted by Crippen LogP contribution is 2.29. The molecule has 114 valence electrons. The van der Waals surface area contributed by atoms with Gasteiger partial charge in [-0.2, -0.15) is 0 Å². The van der Waals surface area contributed by atoms with Crippen LogP contribution in [0.15, 0.2) is 28.9 Å². The van der Waals surface area contributed by atoms with E-state index in [1.54, 1.807) is 6.26 Å². The number of benzene rings is 1. The third-order valence-corrected chi connectivity index (χ3v) is 2.77. The van der Waals surface area contributed by atoms with Crippen molar-refractivity contribution in [2.75, 3.05) is 13.2 Å². The van der Waals surface area contributed by atoms with Crippen molar-refractivity contribution in [3.63, 3.8) is 0 Å². The minimum absolute atomic E-state index is 0.364. The first-order valence-corrected chi connectivity index (χ1v) is 6.93. The van der Waals surface area contributed by atoms with Crippen molar-refractivity contribution in [3.05, 3.63) is 30.0 Å². The maximum atomic E-state index is 11.5. The van der Waals surface area contributed by atoms with E-state index in [1.807, 2.05) is 45.9 Å². The number of rotatable bonds is 4. The molecule has 1 aromatic heterocycles. The lowest BCUT2D eigenvalue weighted by Gasteiger charge is -2.19. The van der Waals surface area contributed by atoms with E-state index in [2.05, 4.69) is 5.32 Å². The Bertz CT molecular complexity index is 625. The van der Waals surface area contributed by atoms with Gasteiger partial charge < -0.3 is 19.2 Å². The first-order chi connectivity index (χ1) is 9.87. The number of carbonyl (C=O) groups excluding carboxylic acids is 1. The van der Waals surface area contributed by atoms with Crippen molar-refractivity contribution < 1.29 is 18.7 Å². The second-order valence-electron chi connectivity index (χ2n) is 5.83. The Morgan fingerprint density at radius 3 is 2.81 bits per heavy atom. The second-order valence-corrected chi connectivity index (χ2v) is 5.83. The van der Waals surface area contributed by atoms with Crippen LogP contribution in [0.25, 0.3) is 11.0 Å². The summed E-state index contributed by atoms with van der Waals surface area (Å²) in [4.78, 5) is 11.5. The number of nitrogens with one attached hydrogen (secondary N) is 1. The maximum absolute atomic E-state index is 11.5. The molecule has 0 saturated carbocycles. The molecule has 2 rings (SSSR count). The van der Waals surface area contributed by atoms with Crippen LogP contribution in [-0.4, -0.2) is 24.8 Å². The van der Waals surface area contributed by atoms with Crippen molar-refractivity contribution in [2.24, 2.45) is 0 Å². The summed E-state index contributed by atoms with van der Waals surface area (Å²) in [6.07, 6.45) is 1.26. The van der Waals surface area contributed by atoms with E-state index in [9.17, 15) is 4.79 Å². The van der Waals surface area contributed by atoms with Crippen molar-refractivity contribution >= 4 is 17.1 Å². The van der Waals surface area contributed by atoms with E-state index in [-0.39, 0.29) is 0 Å². The van der Waals surface area contributed by atoms with E-state index in [1.165, 1.54) is 0 Å². The fourth-order valence-electron chi connectivity index (χ4n) is 1.96. The molecule has 0 spiro atoms. The van der Waals surface area contributed by atoms with Gasteiger partial charge in [0.05, 0.1) is 18.2 Å². The number of ether oxygens (including phenoxy) is 2. The summed E-state index contributed by atoms with van der Waals surface area (Å²) in [7, 11) is 0. The monoisotopic (exact) mass is 291 g/mol. The van der Waals surface area contributed by atoms with Crippen LogP contribution >= 0.6 is 0 Å². The third-order valence-electron chi connectivity index (χ3n) is 2.77. The number of amides is 1. The number of hydrogen-bond acceptors (Lipinski definition) is 4. The summed E-state index contributed by atoms with van der Waals surface area (Å²) in [6, 6.07) is 5.66. The Kier molecular flexibility index (Phi) is 4.40. The zero-order chi connectivity index (χ0) is 15.5. The molecule has 0 atom stereocenters. The lowest BCUT2D eigenvalue weighted by atomic mass is 10.2. The number of aryl methyl sites for hydroxylation is 1. The molecule has 0 bridgehead atoms. The first-order valence-electron chi connectivity index (χ1n) is 6.93. The fourth-order valence-corrected chi connectivity index (χ4v) is 1.96. The molecule has 0 aliphatic carbocycles. The highest BCUT2D eigenvalue weighted by atomic mass is 16.6. The van der Waals surface area contributed by atoms with Gasteiger partial charge in [0.2, 0.25) is 0 Å². The highest BCUT2D eigenvalue weighted by Gasteiger charge is 2.15. The molecule has 0 fully saturated rings. The zero-order valence-corrected chi connectivity index (χ0v) is 12.9.